The first-order valence-corrected chi connectivity index (χ1v) is 9.88. The summed E-state index contributed by atoms with van der Waals surface area (Å²) >= 11 is 1.22. The summed E-state index contributed by atoms with van der Waals surface area (Å²) in [6, 6.07) is 1.39. The maximum absolute atomic E-state index is 11.4. The molecule has 1 aliphatic rings. The number of pyridine rings is 1. The van der Waals surface area contributed by atoms with Crippen LogP contribution in [-0.4, -0.2) is 54.2 Å². The van der Waals surface area contributed by atoms with Crippen molar-refractivity contribution in [2.75, 3.05) is 5.75 Å². The molecule has 28 heavy (non-hydrogen) atoms. The smallest absolute Gasteiger partial charge is 0.332 e. The lowest BCUT2D eigenvalue weighted by molar-refractivity contribution is -0.150. The van der Waals surface area contributed by atoms with E-state index in [1.807, 2.05) is 13.8 Å². The number of rotatable bonds is 8. The van der Waals surface area contributed by atoms with E-state index >= 15 is 0 Å². The third-order valence-corrected chi connectivity index (χ3v) is 6.12. The zero-order chi connectivity index (χ0) is 21.3. The van der Waals surface area contributed by atoms with E-state index in [4.69, 9.17) is 4.74 Å². The van der Waals surface area contributed by atoms with Crippen molar-refractivity contribution in [3.63, 3.8) is 0 Å². The molecule has 9 heteroatoms. The Morgan fingerprint density at radius 2 is 1.96 bits per heavy atom. The molecule has 1 aliphatic heterocycles. The summed E-state index contributed by atoms with van der Waals surface area (Å²) in [6.45, 7) is 8.51. The predicted molar refractivity (Wildman–Crippen MR) is 106 cm³/mol. The van der Waals surface area contributed by atoms with Crippen molar-refractivity contribution in [3.05, 3.63) is 18.0 Å². The number of aromatic hydroxyl groups is 1. The molecular formula is C19H26N2O6S. The van der Waals surface area contributed by atoms with Crippen LogP contribution < -0.4 is 4.74 Å². The number of carbonyl (C=O) groups is 2. The first kappa shape index (κ1) is 22.0. The first-order valence-electron chi connectivity index (χ1n) is 8.90. The maximum atomic E-state index is 11.4. The van der Waals surface area contributed by atoms with Crippen molar-refractivity contribution in [1.82, 2.24) is 4.98 Å². The monoisotopic (exact) mass is 410 g/mol. The molecule has 0 radical (unpaired) electrons. The van der Waals surface area contributed by atoms with Gasteiger partial charge >= 0.3 is 11.9 Å². The summed E-state index contributed by atoms with van der Waals surface area (Å²) in [6.07, 6.45) is 2.26. The van der Waals surface area contributed by atoms with Crippen LogP contribution in [0.2, 0.25) is 0 Å². The van der Waals surface area contributed by atoms with Gasteiger partial charge in [-0.15, -0.1) is 11.8 Å². The van der Waals surface area contributed by atoms with Crippen LogP contribution in [0.4, 0.5) is 0 Å². The zero-order valence-corrected chi connectivity index (χ0v) is 17.5. The highest BCUT2D eigenvalue weighted by Gasteiger charge is 2.40. The highest BCUT2D eigenvalue weighted by molar-refractivity contribution is 8.14. The number of hydrogen-bond acceptors (Lipinski definition) is 7. The SMILES string of the molecule is CCC(C)(CC(C)(C)C(=O)O)Oc1cnc(C2=NC(C)(C(=O)O)CS2)c(O)c1. The normalized spacial score (nSPS) is 21.7. The second kappa shape index (κ2) is 7.62. The molecule has 0 bridgehead atoms. The molecule has 2 atom stereocenters. The minimum Gasteiger partial charge on any atom is -0.505 e. The summed E-state index contributed by atoms with van der Waals surface area (Å²) in [7, 11) is 0. The van der Waals surface area contributed by atoms with Crippen LogP contribution in [0.25, 0.3) is 0 Å². The van der Waals surface area contributed by atoms with Gasteiger partial charge in [-0.1, -0.05) is 6.92 Å². The first-order chi connectivity index (χ1) is 12.8. The summed E-state index contributed by atoms with van der Waals surface area (Å²) in [4.78, 5) is 31.2. The highest BCUT2D eigenvalue weighted by Crippen LogP contribution is 2.37. The summed E-state index contributed by atoms with van der Waals surface area (Å²) in [5.74, 6) is -1.56. The average molecular weight is 410 g/mol. The van der Waals surface area contributed by atoms with Crippen molar-refractivity contribution < 1.29 is 29.6 Å². The predicted octanol–water partition coefficient (Wildman–Crippen LogP) is 3.17. The second-order valence-corrected chi connectivity index (χ2v) is 9.06. The van der Waals surface area contributed by atoms with Crippen molar-refractivity contribution in [3.8, 4) is 11.5 Å². The third-order valence-electron chi connectivity index (χ3n) is 4.85. The summed E-state index contributed by atoms with van der Waals surface area (Å²) in [5, 5.41) is 29.4. The molecule has 1 aromatic rings. The number of carboxylic acids is 2. The molecular weight excluding hydrogens is 384 g/mol. The average Bonchev–Trinajstić information content (AvgIpc) is 2.98. The molecule has 0 saturated carbocycles. The van der Waals surface area contributed by atoms with E-state index in [2.05, 4.69) is 9.98 Å². The number of aromatic nitrogens is 1. The van der Waals surface area contributed by atoms with E-state index in [0.717, 1.165) is 0 Å². The Kier molecular flexibility index (Phi) is 5.98. The van der Waals surface area contributed by atoms with Crippen LogP contribution in [-0.2, 0) is 9.59 Å². The molecule has 0 amide bonds. The lowest BCUT2D eigenvalue weighted by Crippen LogP contribution is -2.40. The minimum absolute atomic E-state index is 0.172. The van der Waals surface area contributed by atoms with E-state index in [-0.39, 0.29) is 23.6 Å². The molecule has 0 aromatic carbocycles. The van der Waals surface area contributed by atoms with Crippen molar-refractivity contribution in [2.45, 2.75) is 58.6 Å². The minimum atomic E-state index is -1.24. The fraction of sp³-hybridized carbons (Fsp3) is 0.579. The Labute approximate surface area is 168 Å². The Balaban J connectivity index is 2.25. The van der Waals surface area contributed by atoms with Gasteiger partial charge in [0.15, 0.2) is 5.54 Å². The number of nitrogens with zero attached hydrogens (tertiary/aromatic N) is 2. The number of thioether (sulfide) groups is 1. The van der Waals surface area contributed by atoms with E-state index in [0.29, 0.717) is 17.2 Å². The largest absolute Gasteiger partial charge is 0.505 e. The van der Waals surface area contributed by atoms with Gasteiger partial charge < -0.3 is 20.1 Å². The topological polar surface area (TPSA) is 129 Å². The molecule has 0 spiro atoms. The highest BCUT2D eigenvalue weighted by atomic mass is 32.2. The van der Waals surface area contributed by atoms with Gasteiger partial charge in [-0.05, 0) is 34.1 Å². The lowest BCUT2D eigenvalue weighted by atomic mass is 9.80. The Morgan fingerprint density at radius 3 is 2.43 bits per heavy atom. The van der Waals surface area contributed by atoms with Gasteiger partial charge in [0.1, 0.15) is 27.8 Å². The van der Waals surface area contributed by atoms with Gasteiger partial charge in [0, 0.05) is 18.2 Å². The van der Waals surface area contributed by atoms with E-state index in [1.54, 1.807) is 13.8 Å². The van der Waals surface area contributed by atoms with Crippen LogP contribution in [0.3, 0.4) is 0 Å². The fourth-order valence-corrected chi connectivity index (χ4v) is 4.08. The molecule has 154 valence electrons. The quantitative estimate of drug-likeness (QED) is 0.596. The van der Waals surface area contributed by atoms with Crippen molar-refractivity contribution >= 4 is 28.7 Å². The second-order valence-electron chi connectivity index (χ2n) is 8.09. The van der Waals surface area contributed by atoms with E-state index in [9.17, 15) is 24.9 Å². The number of hydrogen-bond donors (Lipinski definition) is 3. The van der Waals surface area contributed by atoms with Crippen LogP contribution in [0.15, 0.2) is 17.3 Å². The molecule has 2 heterocycles. The van der Waals surface area contributed by atoms with Crippen LogP contribution in [0, 0.1) is 5.41 Å². The third kappa shape index (κ3) is 4.57. The Bertz CT molecular complexity index is 825. The van der Waals surface area contributed by atoms with Gasteiger partial charge in [-0.25, -0.2) is 9.78 Å². The number of ether oxygens (including phenoxy) is 1. The standard InChI is InChI=1S/C19H26N2O6S/c1-6-18(4,9-17(2,3)15(23)24)27-11-7-12(22)13(20-8-11)14-21-19(5,10-28-14)16(25)26/h7-8,22H,6,9-10H2,1-5H3,(H,23,24)(H,25,26). The van der Waals surface area contributed by atoms with Gasteiger partial charge in [0.25, 0.3) is 0 Å². The van der Waals surface area contributed by atoms with Crippen molar-refractivity contribution in [1.29, 1.82) is 0 Å². The summed E-state index contributed by atoms with van der Waals surface area (Å²) in [5.41, 5.74) is -2.78. The Morgan fingerprint density at radius 1 is 1.32 bits per heavy atom. The van der Waals surface area contributed by atoms with Crippen LogP contribution >= 0.6 is 11.8 Å². The molecule has 2 rings (SSSR count). The van der Waals surface area contributed by atoms with E-state index in [1.165, 1.54) is 30.9 Å². The van der Waals surface area contributed by atoms with Gasteiger partial charge in [-0.2, -0.15) is 0 Å². The number of aliphatic imine (C=N–C) groups is 1. The van der Waals surface area contributed by atoms with Crippen molar-refractivity contribution in [2.24, 2.45) is 10.4 Å². The molecule has 8 nitrogen and oxygen atoms in total. The van der Waals surface area contributed by atoms with Crippen LogP contribution in [0.5, 0.6) is 11.5 Å². The molecule has 3 N–H and O–H groups in total. The fourth-order valence-electron chi connectivity index (χ4n) is 2.91. The zero-order valence-electron chi connectivity index (χ0n) is 16.6. The lowest BCUT2D eigenvalue weighted by Gasteiger charge is -2.35. The molecule has 0 aliphatic carbocycles. The van der Waals surface area contributed by atoms with Gasteiger partial charge in [-0.3, -0.25) is 9.79 Å². The molecule has 0 saturated heterocycles. The van der Waals surface area contributed by atoms with Gasteiger partial charge in [0.2, 0.25) is 0 Å². The number of aliphatic carboxylic acids is 2. The number of carboxylic acid groups (broad SMARTS) is 2. The van der Waals surface area contributed by atoms with Gasteiger partial charge in [0.05, 0.1) is 11.6 Å². The van der Waals surface area contributed by atoms with Crippen LogP contribution in [0.1, 0.15) is 53.2 Å². The molecule has 2 unspecified atom stereocenters. The maximum Gasteiger partial charge on any atom is 0.332 e. The Hall–Kier alpha value is -2.29. The molecule has 0 fully saturated rings. The van der Waals surface area contributed by atoms with E-state index < -0.39 is 28.5 Å². The molecule has 1 aromatic heterocycles. The summed E-state index contributed by atoms with van der Waals surface area (Å²) < 4.78 is 5.99.